The third-order valence-corrected chi connectivity index (χ3v) is 4.90. The molecule has 6 heteroatoms. The first-order chi connectivity index (χ1) is 11.7. The van der Waals surface area contributed by atoms with Crippen LogP contribution in [0.2, 0.25) is 0 Å². The highest BCUT2D eigenvalue weighted by Crippen LogP contribution is 2.48. The van der Waals surface area contributed by atoms with Crippen molar-refractivity contribution in [2.24, 2.45) is 5.41 Å². The number of aromatic carboxylic acids is 1. The van der Waals surface area contributed by atoms with Gasteiger partial charge in [0, 0.05) is 24.9 Å². The molecule has 1 heterocycles. The van der Waals surface area contributed by atoms with Crippen molar-refractivity contribution in [3.05, 3.63) is 69.3 Å². The van der Waals surface area contributed by atoms with E-state index < -0.39 is 10.9 Å². The Morgan fingerprint density at radius 1 is 1.24 bits per heavy atom. The summed E-state index contributed by atoms with van der Waals surface area (Å²) in [5.41, 5.74) is 3.21. The number of hydrogen-bond donors (Lipinski definition) is 1. The lowest BCUT2D eigenvalue weighted by atomic mass is 9.72. The predicted molar refractivity (Wildman–Crippen MR) is 95.1 cm³/mol. The molecule has 25 heavy (non-hydrogen) atoms. The molecule has 0 spiro atoms. The van der Waals surface area contributed by atoms with Gasteiger partial charge in [-0.05, 0) is 41.2 Å². The maximum Gasteiger partial charge on any atom is 0.335 e. The Balaban J connectivity index is 2.03. The fraction of sp³-hybridized carbons (Fsp3) is 0.316. The summed E-state index contributed by atoms with van der Waals surface area (Å²) in [4.78, 5) is 23.8. The number of anilines is 1. The minimum absolute atomic E-state index is 0.0384. The van der Waals surface area contributed by atoms with Gasteiger partial charge in [-0.3, -0.25) is 10.1 Å². The molecular weight excluding hydrogens is 320 g/mol. The van der Waals surface area contributed by atoms with E-state index in [4.69, 9.17) is 0 Å². The smallest absolute Gasteiger partial charge is 0.335 e. The standard InChI is InChI=1S/C19H20N2O4/c1-19(2)11-14-10-13(18(22)23)6-9-16(14)20(3)17(19)12-4-7-15(8-5-12)21(24)25/h4-10,17H,11H2,1-3H3,(H,22,23). The molecule has 3 rings (SSSR count). The molecule has 0 saturated heterocycles. The lowest BCUT2D eigenvalue weighted by Crippen LogP contribution is -2.41. The molecule has 0 amide bonds. The Morgan fingerprint density at radius 2 is 1.88 bits per heavy atom. The molecule has 1 unspecified atom stereocenters. The van der Waals surface area contributed by atoms with E-state index in [1.807, 2.05) is 13.1 Å². The van der Waals surface area contributed by atoms with Gasteiger partial charge in [-0.15, -0.1) is 0 Å². The van der Waals surface area contributed by atoms with Crippen molar-refractivity contribution in [1.82, 2.24) is 0 Å². The van der Waals surface area contributed by atoms with Crippen LogP contribution >= 0.6 is 0 Å². The van der Waals surface area contributed by atoms with E-state index in [1.54, 1.807) is 24.3 Å². The van der Waals surface area contributed by atoms with Crippen molar-refractivity contribution in [2.75, 3.05) is 11.9 Å². The van der Waals surface area contributed by atoms with Crippen LogP contribution in [0.25, 0.3) is 0 Å². The zero-order valence-corrected chi connectivity index (χ0v) is 14.4. The predicted octanol–water partition coefficient (Wildman–Crippen LogP) is 4.05. The molecule has 0 saturated carbocycles. The van der Waals surface area contributed by atoms with Gasteiger partial charge in [0.1, 0.15) is 0 Å². The van der Waals surface area contributed by atoms with Crippen LogP contribution in [0.15, 0.2) is 42.5 Å². The fourth-order valence-corrected chi connectivity index (χ4v) is 3.91. The number of nitrogens with zero attached hydrogens (tertiary/aromatic N) is 2. The molecule has 0 fully saturated rings. The van der Waals surface area contributed by atoms with Gasteiger partial charge in [-0.25, -0.2) is 4.79 Å². The number of fused-ring (bicyclic) bond motifs is 1. The largest absolute Gasteiger partial charge is 0.478 e. The van der Waals surface area contributed by atoms with Crippen LogP contribution in [-0.4, -0.2) is 23.0 Å². The molecule has 6 nitrogen and oxygen atoms in total. The number of carboxylic acid groups (broad SMARTS) is 1. The topological polar surface area (TPSA) is 83.7 Å². The lowest BCUT2D eigenvalue weighted by molar-refractivity contribution is -0.384. The highest BCUT2D eigenvalue weighted by Gasteiger charge is 2.39. The minimum Gasteiger partial charge on any atom is -0.478 e. The van der Waals surface area contributed by atoms with E-state index in [2.05, 4.69) is 18.7 Å². The van der Waals surface area contributed by atoms with Crippen molar-refractivity contribution >= 4 is 17.3 Å². The molecule has 1 atom stereocenters. The molecule has 0 radical (unpaired) electrons. The third kappa shape index (κ3) is 2.95. The van der Waals surface area contributed by atoms with E-state index in [9.17, 15) is 20.0 Å². The van der Waals surface area contributed by atoms with Crippen molar-refractivity contribution < 1.29 is 14.8 Å². The number of nitro groups is 1. The summed E-state index contributed by atoms with van der Waals surface area (Å²) in [7, 11) is 1.98. The molecule has 0 aromatic heterocycles. The minimum atomic E-state index is -0.930. The van der Waals surface area contributed by atoms with Gasteiger partial charge < -0.3 is 10.0 Å². The van der Waals surface area contributed by atoms with E-state index in [0.29, 0.717) is 0 Å². The number of carboxylic acids is 1. The second-order valence-electron chi connectivity index (χ2n) is 7.18. The number of benzene rings is 2. The van der Waals surface area contributed by atoms with Crippen LogP contribution in [0.5, 0.6) is 0 Å². The highest BCUT2D eigenvalue weighted by atomic mass is 16.6. The molecule has 2 aromatic carbocycles. The fourth-order valence-electron chi connectivity index (χ4n) is 3.91. The van der Waals surface area contributed by atoms with Crippen molar-refractivity contribution in [2.45, 2.75) is 26.3 Å². The van der Waals surface area contributed by atoms with Gasteiger partial charge in [0.15, 0.2) is 0 Å². The number of hydrogen-bond acceptors (Lipinski definition) is 4. The first kappa shape index (κ1) is 17.0. The Labute approximate surface area is 145 Å². The summed E-state index contributed by atoms with van der Waals surface area (Å²) in [6, 6.07) is 11.9. The van der Waals surface area contributed by atoms with Gasteiger partial charge in [-0.1, -0.05) is 26.0 Å². The second kappa shape index (κ2) is 5.88. The molecule has 130 valence electrons. The number of non-ortho nitro benzene ring substituents is 1. The normalized spacial score (nSPS) is 18.5. The van der Waals surface area contributed by atoms with Gasteiger partial charge in [0.05, 0.1) is 16.5 Å². The summed E-state index contributed by atoms with van der Waals surface area (Å²) in [5, 5.41) is 20.1. The Hall–Kier alpha value is -2.89. The van der Waals surface area contributed by atoms with Crippen molar-refractivity contribution in [3.63, 3.8) is 0 Å². The van der Waals surface area contributed by atoms with E-state index in [-0.39, 0.29) is 22.7 Å². The maximum absolute atomic E-state index is 11.2. The van der Waals surface area contributed by atoms with Gasteiger partial charge >= 0.3 is 5.97 Å². The molecule has 1 aliphatic rings. The molecule has 0 aliphatic carbocycles. The Morgan fingerprint density at radius 3 is 2.44 bits per heavy atom. The summed E-state index contributed by atoms with van der Waals surface area (Å²) in [6.07, 6.45) is 0.732. The van der Waals surface area contributed by atoms with Crippen LogP contribution in [0, 0.1) is 15.5 Å². The van der Waals surface area contributed by atoms with Crippen molar-refractivity contribution in [1.29, 1.82) is 0 Å². The first-order valence-corrected chi connectivity index (χ1v) is 8.04. The molecule has 0 bridgehead atoms. The quantitative estimate of drug-likeness (QED) is 0.673. The SMILES string of the molecule is CN1c2ccc(C(=O)O)cc2CC(C)(C)C1c1ccc([N+](=O)[O-])cc1. The van der Waals surface area contributed by atoms with Crippen LogP contribution in [0.1, 0.15) is 41.4 Å². The van der Waals surface area contributed by atoms with E-state index in [0.717, 1.165) is 23.2 Å². The van der Waals surface area contributed by atoms with Gasteiger partial charge in [-0.2, -0.15) is 0 Å². The van der Waals surface area contributed by atoms with Crippen LogP contribution in [0.4, 0.5) is 11.4 Å². The van der Waals surface area contributed by atoms with Crippen LogP contribution < -0.4 is 4.90 Å². The number of rotatable bonds is 3. The first-order valence-electron chi connectivity index (χ1n) is 8.04. The highest BCUT2D eigenvalue weighted by molar-refractivity contribution is 5.88. The van der Waals surface area contributed by atoms with Crippen LogP contribution in [-0.2, 0) is 6.42 Å². The Bertz CT molecular complexity index is 843. The number of carbonyl (C=O) groups is 1. The van der Waals surface area contributed by atoms with Crippen LogP contribution in [0.3, 0.4) is 0 Å². The summed E-state index contributed by atoms with van der Waals surface area (Å²) in [5.74, 6) is -0.930. The Kier molecular flexibility index (Phi) is 3.99. The lowest BCUT2D eigenvalue weighted by Gasteiger charge is -2.47. The van der Waals surface area contributed by atoms with Gasteiger partial charge in [0.25, 0.3) is 5.69 Å². The average Bonchev–Trinajstić information content (AvgIpc) is 2.53. The third-order valence-electron chi connectivity index (χ3n) is 4.90. The monoisotopic (exact) mass is 340 g/mol. The van der Waals surface area contributed by atoms with E-state index in [1.165, 1.54) is 12.1 Å². The molecule has 2 aromatic rings. The van der Waals surface area contributed by atoms with Gasteiger partial charge in [0.2, 0.25) is 0 Å². The average molecular weight is 340 g/mol. The zero-order chi connectivity index (χ0) is 18.4. The summed E-state index contributed by atoms with van der Waals surface area (Å²) >= 11 is 0. The summed E-state index contributed by atoms with van der Waals surface area (Å²) < 4.78 is 0. The van der Waals surface area contributed by atoms with E-state index >= 15 is 0 Å². The maximum atomic E-state index is 11.2. The molecule has 1 aliphatic heterocycles. The summed E-state index contributed by atoms with van der Waals surface area (Å²) in [6.45, 7) is 4.26. The molecule has 1 N–H and O–H groups in total. The second-order valence-corrected chi connectivity index (χ2v) is 7.18. The number of nitro benzene ring substituents is 1. The van der Waals surface area contributed by atoms with Crippen molar-refractivity contribution in [3.8, 4) is 0 Å². The zero-order valence-electron chi connectivity index (χ0n) is 14.4. The molecular formula is C19H20N2O4.